The van der Waals surface area contributed by atoms with E-state index in [0.29, 0.717) is 28.2 Å². The van der Waals surface area contributed by atoms with Gasteiger partial charge in [0.1, 0.15) is 5.75 Å². The molecule has 3 rings (SSSR count). The molecule has 0 unspecified atom stereocenters. The fourth-order valence-corrected chi connectivity index (χ4v) is 2.78. The van der Waals surface area contributed by atoms with Crippen LogP contribution in [0.3, 0.4) is 0 Å². The molecule has 0 fully saturated rings. The summed E-state index contributed by atoms with van der Waals surface area (Å²) in [6.07, 6.45) is -0.726. The number of methoxy groups -OCH3 is 1. The summed E-state index contributed by atoms with van der Waals surface area (Å²) in [7, 11) is 1.55. The van der Waals surface area contributed by atoms with Gasteiger partial charge in [-0.2, -0.15) is 5.10 Å². The Morgan fingerprint density at radius 3 is 2.18 bits per heavy atom. The van der Waals surface area contributed by atoms with Crippen molar-refractivity contribution in [3.8, 4) is 5.75 Å². The van der Waals surface area contributed by atoms with Gasteiger partial charge in [-0.05, 0) is 48.9 Å². The Hall–Kier alpha value is -3.68. The summed E-state index contributed by atoms with van der Waals surface area (Å²) in [4.78, 5) is 38.0. The molecule has 28 heavy (non-hydrogen) atoms. The number of carbonyl (C=O) groups is 3. The lowest BCUT2D eigenvalue weighted by atomic mass is 10.1. The number of ether oxygens (including phenoxy) is 2. The van der Waals surface area contributed by atoms with Crippen LogP contribution >= 0.6 is 0 Å². The minimum Gasteiger partial charge on any atom is -0.497 e. The van der Waals surface area contributed by atoms with E-state index in [9.17, 15) is 14.4 Å². The van der Waals surface area contributed by atoms with Gasteiger partial charge in [-0.3, -0.25) is 14.5 Å². The molecule has 0 aliphatic carbocycles. The fourth-order valence-electron chi connectivity index (χ4n) is 2.78. The quantitative estimate of drug-likeness (QED) is 0.471. The molecule has 0 bridgehead atoms. The zero-order valence-electron chi connectivity index (χ0n) is 15.5. The number of nitrogens with zero attached hydrogens (tertiary/aromatic N) is 2. The molecule has 0 spiro atoms. The van der Waals surface area contributed by atoms with Gasteiger partial charge in [-0.25, -0.2) is 10.2 Å². The second-order valence-electron chi connectivity index (χ2n) is 5.86. The molecule has 0 aromatic heterocycles. The van der Waals surface area contributed by atoms with Crippen molar-refractivity contribution in [2.45, 2.75) is 6.92 Å². The number of benzene rings is 2. The maximum atomic E-state index is 12.6. The number of hydrogen-bond acceptors (Lipinski definition) is 6. The molecule has 1 N–H and O–H groups in total. The highest BCUT2D eigenvalue weighted by Crippen LogP contribution is 2.23. The summed E-state index contributed by atoms with van der Waals surface area (Å²) < 4.78 is 9.94. The topological polar surface area (TPSA) is 97.3 Å². The van der Waals surface area contributed by atoms with Crippen LogP contribution in [0.15, 0.2) is 53.6 Å². The van der Waals surface area contributed by atoms with E-state index < -0.39 is 17.9 Å². The van der Waals surface area contributed by atoms with Crippen molar-refractivity contribution in [3.63, 3.8) is 0 Å². The van der Waals surface area contributed by atoms with E-state index >= 15 is 0 Å². The first-order chi connectivity index (χ1) is 13.5. The number of hydrogen-bond donors (Lipinski definition) is 1. The largest absolute Gasteiger partial charge is 0.497 e. The van der Waals surface area contributed by atoms with Gasteiger partial charge in [0.25, 0.3) is 11.8 Å². The number of fused-ring (bicyclic) bond motifs is 1. The molecule has 1 aliphatic heterocycles. The predicted octanol–water partition coefficient (Wildman–Crippen LogP) is 2.44. The molecule has 0 saturated heterocycles. The molecule has 2 aromatic rings. The van der Waals surface area contributed by atoms with Crippen molar-refractivity contribution in [1.29, 1.82) is 0 Å². The zero-order valence-corrected chi connectivity index (χ0v) is 15.5. The summed E-state index contributed by atoms with van der Waals surface area (Å²) in [5, 5.41) is 4.07. The Bertz CT molecular complexity index is 902. The van der Waals surface area contributed by atoms with Crippen LogP contribution in [0.25, 0.3) is 0 Å². The number of nitrogens with one attached hydrogen (secondary N) is 1. The van der Waals surface area contributed by atoms with Crippen molar-refractivity contribution in [1.82, 2.24) is 10.3 Å². The molecule has 0 saturated carbocycles. The summed E-state index contributed by atoms with van der Waals surface area (Å²) in [6, 6.07) is 13.5. The predicted molar refractivity (Wildman–Crippen MR) is 101 cm³/mol. The molecule has 1 heterocycles. The molecule has 2 aromatic carbocycles. The van der Waals surface area contributed by atoms with Gasteiger partial charge >= 0.3 is 6.09 Å². The van der Waals surface area contributed by atoms with E-state index in [4.69, 9.17) is 9.47 Å². The monoisotopic (exact) mass is 381 g/mol. The standard InChI is InChI=1S/C20H19N3O5/c1-3-28-20(26)22-21-17(13-8-10-14(27-2)11-9-13)12-23-18(24)15-6-4-5-7-16(15)19(23)25/h4-11H,3,12H2,1-2H3,(H,22,26)/b21-17-. The molecule has 8 nitrogen and oxygen atoms in total. The van der Waals surface area contributed by atoms with Gasteiger partial charge in [0.2, 0.25) is 0 Å². The lowest BCUT2D eigenvalue weighted by Gasteiger charge is -2.16. The molecule has 0 radical (unpaired) electrons. The highest BCUT2D eigenvalue weighted by Gasteiger charge is 2.35. The maximum Gasteiger partial charge on any atom is 0.427 e. The Kier molecular flexibility index (Phi) is 5.69. The van der Waals surface area contributed by atoms with Crippen LogP contribution in [0.1, 0.15) is 33.2 Å². The Morgan fingerprint density at radius 2 is 1.64 bits per heavy atom. The van der Waals surface area contributed by atoms with Gasteiger partial charge in [-0.1, -0.05) is 12.1 Å². The Labute approximate surface area is 161 Å². The van der Waals surface area contributed by atoms with Crippen molar-refractivity contribution in [2.24, 2.45) is 5.10 Å². The molecule has 3 amide bonds. The Balaban J connectivity index is 1.89. The first-order valence-corrected chi connectivity index (χ1v) is 8.64. The average molecular weight is 381 g/mol. The van der Waals surface area contributed by atoms with Crippen LogP contribution in [-0.2, 0) is 4.74 Å². The fraction of sp³-hybridized carbons (Fsp3) is 0.200. The summed E-state index contributed by atoms with van der Waals surface area (Å²) >= 11 is 0. The van der Waals surface area contributed by atoms with Crippen LogP contribution in [0.4, 0.5) is 4.79 Å². The molecular weight excluding hydrogens is 362 g/mol. The third kappa shape index (κ3) is 3.85. The van der Waals surface area contributed by atoms with Crippen molar-refractivity contribution in [2.75, 3.05) is 20.3 Å². The third-order valence-corrected chi connectivity index (χ3v) is 4.17. The van der Waals surface area contributed by atoms with E-state index in [2.05, 4.69) is 10.5 Å². The summed E-state index contributed by atoms with van der Waals surface area (Å²) in [6.45, 7) is 1.76. The van der Waals surface area contributed by atoms with E-state index in [-0.39, 0.29) is 13.2 Å². The molecule has 1 aliphatic rings. The number of rotatable bonds is 6. The minimum atomic E-state index is -0.726. The molecular formula is C20H19N3O5. The van der Waals surface area contributed by atoms with Gasteiger partial charge in [0, 0.05) is 0 Å². The minimum absolute atomic E-state index is 0.106. The number of hydrazone groups is 1. The summed E-state index contributed by atoms with van der Waals surface area (Å²) in [5.41, 5.74) is 3.92. The number of imide groups is 1. The number of carbonyl (C=O) groups excluding carboxylic acids is 3. The first kappa shape index (κ1) is 19.1. The van der Waals surface area contributed by atoms with E-state index in [1.807, 2.05) is 0 Å². The Morgan fingerprint density at radius 1 is 1.04 bits per heavy atom. The SMILES string of the molecule is CCOC(=O)N/N=C(/CN1C(=O)c2ccccc2C1=O)c1ccc(OC)cc1. The van der Waals surface area contributed by atoms with Crippen LogP contribution < -0.4 is 10.2 Å². The van der Waals surface area contributed by atoms with Gasteiger partial charge in [-0.15, -0.1) is 0 Å². The van der Waals surface area contributed by atoms with Gasteiger partial charge in [0.15, 0.2) is 0 Å². The van der Waals surface area contributed by atoms with Crippen molar-refractivity contribution < 1.29 is 23.9 Å². The third-order valence-electron chi connectivity index (χ3n) is 4.17. The van der Waals surface area contributed by atoms with Crippen LogP contribution in [0, 0.1) is 0 Å². The highest BCUT2D eigenvalue weighted by atomic mass is 16.5. The highest BCUT2D eigenvalue weighted by molar-refractivity contribution is 6.23. The maximum absolute atomic E-state index is 12.6. The zero-order chi connectivity index (χ0) is 20.1. The van der Waals surface area contributed by atoms with Crippen LogP contribution in [0.5, 0.6) is 5.75 Å². The van der Waals surface area contributed by atoms with Crippen molar-refractivity contribution in [3.05, 3.63) is 65.2 Å². The lowest BCUT2D eigenvalue weighted by Crippen LogP contribution is -2.36. The van der Waals surface area contributed by atoms with Gasteiger partial charge in [0.05, 0.1) is 37.1 Å². The van der Waals surface area contributed by atoms with Crippen LogP contribution in [0.2, 0.25) is 0 Å². The van der Waals surface area contributed by atoms with E-state index in [1.165, 1.54) is 0 Å². The van der Waals surface area contributed by atoms with E-state index in [0.717, 1.165) is 4.90 Å². The lowest BCUT2D eigenvalue weighted by molar-refractivity contribution is 0.0677. The molecule has 144 valence electrons. The number of amides is 3. The molecule has 0 atom stereocenters. The normalized spacial score (nSPS) is 13.4. The second kappa shape index (κ2) is 8.34. The smallest absolute Gasteiger partial charge is 0.427 e. The van der Waals surface area contributed by atoms with Crippen molar-refractivity contribution >= 4 is 23.6 Å². The van der Waals surface area contributed by atoms with Crippen LogP contribution in [-0.4, -0.2) is 48.8 Å². The second-order valence-corrected chi connectivity index (χ2v) is 5.86. The first-order valence-electron chi connectivity index (χ1n) is 8.64. The van der Waals surface area contributed by atoms with E-state index in [1.54, 1.807) is 62.6 Å². The van der Waals surface area contributed by atoms with Gasteiger partial charge < -0.3 is 9.47 Å². The average Bonchev–Trinajstić information content (AvgIpc) is 2.96. The summed E-state index contributed by atoms with van der Waals surface area (Å²) in [5.74, 6) is -0.168. The molecule has 8 heteroatoms.